The molecule has 1 aromatic carbocycles. The predicted octanol–water partition coefficient (Wildman–Crippen LogP) is 5.18. The molecule has 0 aliphatic rings. The van der Waals surface area contributed by atoms with Crippen LogP contribution in [0.15, 0.2) is 30.3 Å². The average Bonchev–Trinajstić information content (AvgIpc) is 2.78. The predicted molar refractivity (Wildman–Crippen MR) is 88.7 cm³/mol. The van der Waals surface area contributed by atoms with E-state index >= 15 is 0 Å². The van der Waals surface area contributed by atoms with Gasteiger partial charge in [0.25, 0.3) is 0 Å². The van der Waals surface area contributed by atoms with E-state index in [9.17, 15) is 0 Å². The fourth-order valence-corrected chi connectivity index (χ4v) is 2.40. The Bertz CT molecular complexity index is 662. The number of rotatable bonds is 4. The smallest absolute Gasteiger partial charge is 0.0485 e. The lowest BCUT2D eigenvalue weighted by molar-refractivity contribution is 0.646. The Morgan fingerprint density at radius 3 is 2.80 bits per heavy atom. The van der Waals surface area contributed by atoms with E-state index in [1.165, 1.54) is 35.0 Å². The van der Waals surface area contributed by atoms with Gasteiger partial charge in [0.05, 0.1) is 0 Å². The number of nitrogens with zero attached hydrogens (tertiary/aromatic N) is 1. The Balaban J connectivity index is 2.42. The van der Waals surface area contributed by atoms with E-state index in [1.54, 1.807) is 0 Å². The van der Waals surface area contributed by atoms with Gasteiger partial charge in [-0.05, 0) is 43.7 Å². The second kappa shape index (κ2) is 7.01. The van der Waals surface area contributed by atoms with Crippen molar-refractivity contribution in [2.45, 2.75) is 46.6 Å². The highest BCUT2D eigenvalue weighted by Gasteiger charge is 2.06. The molecular weight excluding hydrogens is 242 g/mol. The van der Waals surface area contributed by atoms with Crippen LogP contribution in [-0.4, -0.2) is 4.57 Å². The topological polar surface area (TPSA) is 4.93 Å². The number of unbranched alkanes of at least 4 members (excludes halogenated alkanes) is 1. The molecule has 1 aromatic heterocycles. The molecule has 0 fully saturated rings. The lowest BCUT2D eigenvalue weighted by Gasteiger charge is -2.07. The first-order chi connectivity index (χ1) is 9.76. The largest absolute Gasteiger partial charge is 0.341 e. The standard InChI is InChI=1S/C19H23N/c1-4-6-8-9-10-18-15-17-14-16(3)11-12-19(17)20(18)13-7-5-2/h9-12,14-15H,4-5,7,13H2,1-3H3/b10-9-. The van der Waals surface area contributed by atoms with Crippen molar-refractivity contribution < 1.29 is 0 Å². The summed E-state index contributed by atoms with van der Waals surface area (Å²) in [5.74, 6) is 6.16. The quantitative estimate of drug-likeness (QED) is 0.671. The Morgan fingerprint density at radius 2 is 2.05 bits per heavy atom. The summed E-state index contributed by atoms with van der Waals surface area (Å²) < 4.78 is 2.41. The molecule has 0 bridgehead atoms. The van der Waals surface area contributed by atoms with Gasteiger partial charge in [0.15, 0.2) is 0 Å². The molecule has 1 heterocycles. The van der Waals surface area contributed by atoms with Crippen molar-refractivity contribution in [3.63, 3.8) is 0 Å². The molecule has 0 spiro atoms. The first-order valence-corrected chi connectivity index (χ1v) is 7.51. The van der Waals surface area contributed by atoms with Crippen LogP contribution in [0.3, 0.4) is 0 Å². The van der Waals surface area contributed by atoms with Crippen LogP contribution in [-0.2, 0) is 6.54 Å². The van der Waals surface area contributed by atoms with Crippen LogP contribution in [0.1, 0.15) is 44.4 Å². The summed E-state index contributed by atoms with van der Waals surface area (Å²) in [7, 11) is 0. The minimum absolute atomic E-state index is 0.905. The minimum atomic E-state index is 0.905. The molecule has 104 valence electrons. The lowest BCUT2D eigenvalue weighted by Crippen LogP contribution is -1.99. The van der Waals surface area contributed by atoms with Gasteiger partial charge in [-0.3, -0.25) is 0 Å². The zero-order valence-corrected chi connectivity index (χ0v) is 12.7. The van der Waals surface area contributed by atoms with Crippen LogP contribution < -0.4 is 0 Å². The van der Waals surface area contributed by atoms with Crippen LogP contribution in [0, 0.1) is 18.8 Å². The van der Waals surface area contributed by atoms with Crippen molar-refractivity contribution in [1.82, 2.24) is 4.57 Å². The Labute approximate surface area is 122 Å². The summed E-state index contributed by atoms with van der Waals surface area (Å²) in [6, 6.07) is 8.94. The van der Waals surface area contributed by atoms with Crippen LogP contribution in [0.25, 0.3) is 17.0 Å². The van der Waals surface area contributed by atoms with Crippen molar-refractivity contribution >= 4 is 17.0 Å². The van der Waals surface area contributed by atoms with Crippen molar-refractivity contribution in [3.05, 3.63) is 41.6 Å². The maximum atomic E-state index is 3.08. The van der Waals surface area contributed by atoms with Gasteiger partial charge >= 0.3 is 0 Å². The van der Waals surface area contributed by atoms with Crippen LogP contribution >= 0.6 is 0 Å². The molecular formula is C19H23N. The molecule has 2 aromatic rings. The molecule has 20 heavy (non-hydrogen) atoms. The molecule has 0 aliphatic carbocycles. The van der Waals surface area contributed by atoms with Gasteiger partial charge < -0.3 is 4.57 Å². The highest BCUT2D eigenvalue weighted by Crippen LogP contribution is 2.23. The van der Waals surface area contributed by atoms with Gasteiger partial charge in [0.1, 0.15) is 0 Å². The van der Waals surface area contributed by atoms with Gasteiger partial charge in [-0.2, -0.15) is 0 Å². The number of aromatic nitrogens is 1. The van der Waals surface area contributed by atoms with Crippen molar-refractivity contribution in [3.8, 4) is 11.8 Å². The summed E-state index contributed by atoms with van der Waals surface area (Å²) in [4.78, 5) is 0. The molecule has 0 amide bonds. The molecule has 1 heteroatoms. The van der Waals surface area contributed by atoms with Gasteiger partial charge in [-0.1, -0.05) is 43.7 Å². The molecule has 0 aliphatic heterocycles. The van der Waals surface area contributed by atoms with Gasteiger partial charge in [-0.15, -0.1) is 0 Å². The van der Waals surface area contributed by atoms with Crippen molar-refractivity contribution in [2.24, 2.45) is 0 Å². The first kappa shape index (κ1) is 14.5. The van der Waals surface area contributed by atoms with E-state index in [0.717, 1.165) is 13.0 Å². The normalized spacial score (nSPS) is 10.9. The Morgan fingerprint density at radius 1 is 1.20 bits per heavy atom. The van der Waals surface area contributed by atoms with Gasteiger partial charge in [-0.25, -0.2) is 0 Å². The maximum absolute atomic E-state index is 3.08. The molecule has 2 rings (SSSR count). The lowest BCUT2D eigenvalue weighted by atomic mass is 10.2. The molecule has 0 atom stereocenters. The highest BCUT2D eigenvalue weighted by molar-refractivity contribution is 5.84. The fourth-order valence-electron chi connectivity index (χ4n) is 2.40. The van der Waals surface area contributed by atoms with E-state index in [0.29, 0.717) is 0 Å². The third-order valence-corrected chi connectivity index (χ3v) is 3.44. The zero-order valence-electron chi connectivity index (χ0n) is 12.7. The number of allylic oxidation sites excluding steroid dienone is 1. The molecule has 0 saturated heterocycles. The number of fused-ring (bicyclic) bond motifs is 1. The number of benzene rings is 1. The van der Waals surface area contributed by atoms with E-state index in [2.05, 4.69) is 67.5 Å². The van der Waals surface area contributed by atoms with E-state index in [1.807, 2.05) is 6.08 Å². The maximum Gasteiger partial charge on any atom is 0.0485 e. The second-order valence-electron chi connectivity index (χ2n) is 5.14. The number of hydrogen-bond acceptors (Lipinski definition) is 0. The molecule has 0 radical (unpaired) electrons. The van der Waals surface area contributed by atoms with E-state index in [-0.39, 0.29) is 0 Å². The van der Waals surface area contributed by atoms with Gasteiger partial charge in [0.2, 0.25) is 0 Å². The molecule has 0 unspecified atom stereocenters. The SMILES string of the molecule is CCC#C/C=C\c1cc2cc(C)ccc2n1CCCC. The average molecular weight is 265 g/mol. The number of hydrogen-bond donors (Lipinski definition) is 0. The summed E-state index contributed by atoms with van der Waals surface area (Å²) in [5.41, 5.74) is 3.89. The first-order valence-electron chi connectivity index (χ1n) is 7.51. The molecule has 1 nitrogen and oxygen atoms in total. The highest BCUT2D eigenvalue weighted by atomic mass is 15.0. The summed E-state index contributed by atoms with van der Waals surface area (Å²) >= 11 is 0. The second-order valence-corrected chi connectivity index (χ2v) is 5.14. The third-order valence-electron chi connectivity index (χ3n) is 3.44. The number of aryl methyl sites for hydroxylation is 2. The van der Waals surface area contributed by atoms with E-state index in [4.69, 9.17) is 0 Å². The van der Waals surface area contributed by atoms with Crippen LogP contribution in [0.5, 0.6) is 0 Å². The third kappa shape index (κ3) is 3.33. The monoisotopic (exact) mass is 265 g/mol. The molecule has 0 saturated carbocycles. The summed E-state index contributed by atoms with van der Waals surface area (Å²) in [6.07, 6.45) is 7.42. The Kier molecular flexibility index (Phi) is 5.07. The molecule has 0 N–H and O–H groups in total. The summed E-state index contributed by atoms with van der Waals surface area (Å²) in [6.45, 7) is 7.52. The summed E-state index contributed by atoms with van der Waals surface area (Å²) in [5, 5.41) is 1.32. The Hall–Kier alpha value is -1.94. The van der Waals surface area contributed by atoms with Crippen LogP contribution in [0.2, 0.25) is 0 Å². The minimum Gasteiger partial charge on any atom is -0.341 e. The van der Waals surface area contributed by atoms with Gasteiger partial charge in [0, 0.05) is 29.6 Å². The van der Waals surface area contributed by atoms with E-state index < -0.39 is 0 Å². The van der Waals surface area contributed by atoms with Crippen LogP contribution in [0.4, 0.5) is 0 Å². The van der Waals surface area contributed by atoms with Crippen molar-refractivity contribution in [2.75, 3.05) is 0 Å². The van der Waals surface area contributed by atoms with Crippen molar-refractivity contribution in [1.29, 1.82) is 0 Å². The zero-order chi connectivity index (χ0) is 14.4. The fraction of sp³-hybridized carbons (Fsp3) is 0.368.